The molecule has 0 bridgehead atoms. The molecule has 1 unspecified atom stereocenters. The fourth-order valence-corrected chi connectivity index (χ4v) is 2.14. The van der Waals surface area contributed by atoms with Gasteiger partial charge in [-0.3, -0.25) is 0 Å². The molecular weight excluding hydrogens is 258 g/mol. The van der Waals surface area contributed by atoms with E-state index in [2.05, 4.69) is 5.32 Å². The highest BCUT2D eigenvalue weighted by Gasteiger charge is 2.16. The van der Waals surface area contributed by atoms with Crippen LogP contribution in [0.15, 0.2) is 41.0 Å². The van der Waals surface area contributed by atoms with Gasteiger partial charge in [0.05, 0.1) is 12.4 Å². The summed E-state index contributed by atoms with van der Waals surface area (Å²) in [5.74, 6) is 2.36. The Balaban J connectivity index is 1.48. The molecule has 1 aliphatic heterocycles. The molecule has 1 aromatic carbocycles. The van der Waals surface area contributed by atoms with Crippen molar-refractivity contribution in [1.82, 2.24) is 5.32 Å². The highest BCUT2D eigenvalue weighted by molar-refractivity contribution is 5.45. The zero-order valence-electron chi connectivity index (χ0n) is 11.0. The molecule has 106 valence electrons. The Bertz CT molecular complexity index is 553. The number of aliphatic hydroxyl groups excluding tert-OH is 1. The Labute approximate surface area is 117 Å². The van der Waals surface area contributed by atoms with Gasteiger partial charge in [-0.25, -0.2) is 0 Å². The van der Waals surface area contributed by atoms with Gasteiger partial charge in [0.1, 0.15) is 5.76 Å². The van der Waals surface area contributed by atoms with Crippen molar-refractivity contribution in [1.29, 1.82) is 0 Å². The lowest BCUT2D eigenvalue weighted by Gasteiger charge is -2.12. The third kappa shape index (κ3) is 2.95. The molecule has 0 spiro atoms. The van der Waals surface area contributed by atoms with Crippen molar-refractivity contribution in [2.75, 3.05) is 19.9 Å². The minimum absolute atomic E-state index is 0.246. The van der Waals surface area contributed by atoms with E-state index in [1.807, 2.05) is 30.3 Å². The van der Waals surface area contributed by atoms with Gasteiger partial charge in [0.15, 0.2) is 11.5 Å². The molecular formula is C15H17NO4. The molecule has 3 rings (SSSR count). The van der Waals surface area contributed by atoms with Gasteiger partial charge < -0.3 is 24.3 Å². The smallest absolute Gasteiger partial charge is 0.231 e. The largest absolute Gasteiger partial charge is 0.469 e. The van der Waals surface area contributed by atoms with Crippen LogP contribution >= 0.6 is 0 Å². The monoisotopic (exact) mass is 275 g/mol. The number of benzene rings is 1. The van der Waals surface area contributed by atoms with Crippen molar-refractivity contribution in [3.63, 3.8) is 0 Å². The van der Waals surface area contributed by atoms with Gasteiger partial charge in [-0.1, -0.05) is 6.07 Å². The average molecular weight is 275 g/mol. The standard InChI is InChI=1S/C15H17NO4/c17-13(9-16-6-5-12-2-1-7-18-12)11-3-4-14-15(8-11)20-10-19-14/h1-4,7-8,13,16-17H,5-6,9-10H2. The Morgan fingerprint density at radius 1 is 1.20 bits per heavy atom. The Kier molecular flexibility index (Phi) is 3.90. The first-order valence-electron chi connectivity index (χ1n) is 6.63. The summed E-state index contributed by atoms with van der Waals surface area (Å²) in [6.07, 6.45) is 1.90. The predicted molar refractivity (Wildman–Crippen MR) is 72.8 cm³/mol. The van der Waals surface area contributed by atoms with Crippen LogP contribution in [0.2, 0.25) is 0 Å². The lowest BCUT2D eigenvalue weighted by atomic mass is 10.1. The number of ether oxygens (including phenoxy) is 2. The van der Waals surface area contributed by atoms with Crippen molar-refractivity contribution in [3.8, 4) is 11.5 Å². The zero-order valence-corrected chi connectivity index (χ0v) is 11.0. The molecule has 5 nitrogen and oxygen atoms in total. The van der Waals surface area contributed by atoms with Gasteiger partial charge in [0, 0.05) is 19.5 Å². The van der Waals surface area contributed by atoms with E-state index in [0.29, 0.717) is 12.3 Å². The number of hydrogen-bond donors (Lipinski definition) is 2. The van der Waals surface area contributed by atoms with E-state index in [-0.39, 0.29) is 6.79 Å². The first kappa shape index (κ1) is 13.0. The maximum Gasteiger partial charge on any atom is 0.231 e. The van der Waals surface area contributed by atoms with Crippen LogP contribution in [0.1, 0.15) is 17.4 Å². The van der Waals surface area contributed by atoms with Crippen LogP contribution in [0.3, 0.4) is 0 Å². The summed E-state index contributed by atoms with van der Waals surface area (Å²) in [6, 6.07) is 9.31. The van der Waals surface area contributed by atoms with Gasteiger partial charge in [-0.2, -0.15) is 0 Å². The lowest BCUT2D eigenvalue weighted by molar-refractivity contribution is 0.170. The highest BCUT2D eigenvalue weighted by Crippen LogP contribution is 2.33. The van der Waals surface area contributed by atoms with Crippen LogP contribution in [0.25, 0.3) is 0 Å². The zero-order chi connectivity index (χ0) is 13.8. The Hall–Kier alpha value is -1.98. The third-order valence-corrected chi connectivity index (χ3v) is 3.25. The molecule has 5 heteroatoms. The molecule has 1 atom stereocenters. The van der Waals surface area contributed by atoms with E-state index in [0.717, 1.165) is 30.0 Å². The van der Waals surface area contributed by atoms with Crippen LogP contribution in [-0.4, -0.2) is 25.0 Å². The fourth-order valence-electron chi connectivity index (χ4n) is 2.14. The molecule has 2 aromatic rings. The van der Waals surface area contributed by atoms with Crippen molar-refractivity contribution in [2.45, 2.75) is 12.5 Å². The topological polar surface area (TPSA) is 63.9 Å². The number of aliphatic hydroxyl groups is 1. The summed E-state index contributed by atoms with van der Waals surface area (Å²) in [5.41, 5.74) is 0.819. The van der Waals surface area contributed by atoms with Crippen molar-refractivity contribution < 1.29 is 19.0 Å². The van der Waals surface area contributed by atoms with E-state index < -0.39 is 6.10 Å². The summed E-state index contributed by atoms with van der Waals surface area (Å²) in [4.78, 5) is 0. The quantitative estimate of drug-likeness (QED) is 0.788. The SMILES string of the molecule is OC(CNCCc1ccco1)c1ccc2c(c1)OCO2. The molecule has 0 saturated heterocycles. The molecule has 0 aliphatic carbocycles. The molecule has 20 heavy (non-hydrogen) atoms. The maximum atomic E-state index is 10.1. The van der Waals surface area contributed by atoms with E-state index in [4.69, 9.17) is 13.9 Å². The second-order valence-electron chi connectivity index (χ2n) is 4.66. The number of hydrogen-bond acceptors (Lipinski definition) is 5. The van der Waals surface area contributed by atoms with Gasteiger partial charge in [-0.15, -0.1) is 0 Å². The minimum Gasteiger partial charge on any atom is -0.469 e. The minimum atomic E-state index is -0.568. The summed E-state index contributed by atoms with van der Waals surface area (Å²) < 4.78 is 15.8. The second-order valence-corrected chi connectivity index (χ2v) is 4.66. The normalized spacial score (nSPS) is 14.4. The van der Waals surface area contributed by atoms with Gasteiger partial charge in [0.2, 0.25) is 6.79 Å². The first-order valence-corrected chi connectivity index (χ1v) is 6.63. The molecule has 1 aliphatic rings. The molecule has 2 N–H and O–H groups in total. The molecule has 0 fully saturated rings. The molecule has 2 heterocycles. The fraction of sp³-hybridized carbons (Fsp3) is 0.333. The van der Waals surface area contributed by atoms with Crippen LogP contribution in [0.5, 0.6) is 11.5 Å². The van der Waals surface area contributed by atoms with Crippen LogP contribution in [0, 0.1) is 0 Å². The molecule has 0 radical (unpaired) electrons. The average Bonchev–Trinajstić information content (AvgIpc) is 3.13. The summed E-state index contributed by atoms with van der Waals surface area (Å²) >= 11 is 0. The number of fused-ring (bicyclic) bond motifs is 1. The highest BCUT2D eigenvalue weighted by atomic mass is 16.7. The van der Waals surface area contributed by atoms with Crippen LogP contribution < -0.4 is 14.8 Å². The van der Waals surface area contributed by atoms with Crippen molar-refractivity contribution >= 4 is 0 Å². The molecule has 0 saturated carbocycles. The third-order valence-electron chi connectivity index (χ3n) is 3.25. The summed E-state index contributed by atoms with van der Waals surface area (Å²) in [7, 11) is 0. The predicted octanol–water partition coefficient (Wildman–Crippen LogP) is 1.87. The number of furan rings is 1. The van der Waals surface area contributed by atoms with E-state index >= 15 is 0 Å². The Morgan fingerprint density at radius 3 is 2.95 bits per heavy atom. The lowest BCUT2D eigenvalue weighted by Crippen LogP contribution is -2.23. The number of rotatable bonds is 6. The van der Waals surface area contributed by atoms with Crippen LogP contribution in [-0.2, 0) is 6.42 Å². The molecule has 0 amide bonds. The van der Waals surface area contributed by atoms with E-state index in [1.54, 1.807) is 6.26 Å². The van der Waals surface area contributed by atoms with Gasteiger partial charge in [-0.05, 0) is 29.8 Å². The van der Waals surface area contributed by atoms with Gasteiger partial charge >= 0.3 is 0 Å². The van der Waals surface area contributed by atoms with Crippen molar-refractivity contribution in [3.05, 3.63) is 47.9 Å². The van der Waals surface area contributed by atoms with Crippen molar-refractivity contribution in [2.24, 2.45) is 0 Å². The summed E-state index contributed by atoms with van der Waals surface area (Å²) in [5, 5.41) is 13.3. The van der Waals surface area contributed by atoms with Crippen LogP contribution in [0.4, 0.5) is 0 Å². The Morgan fingerprint density at radius 2 is 2.10 bits per heavy atom. The second kappa shape index (κ2) is 5.98. The summed E-state index contributed by atoms with van der Waals surface area (Å²) in [6.45, 7) is 1.49. The first-order chi connectivity index (χ1) is 9.83. The maximum absolute atomic E-state index is 10.1. The number of nitrogens with one attached hydrogen (secondary N) is 1. The molecule has 1 aromatic heterocycles. The van der Waals surface area contributed by atoms with E-state index in [1.165, 1.54) is 0 Å². The van der Waals surface area contributed by atoms with Gasteiger partial charge in [0.25, 0.3) is 0 Å². The van der Waals surface area contributed by atoms with E-state index in [9.17, 15) is 5.11 Å².